The lowest BCUT2D eigenvalue weighted by molar-refractivity contribution is -0.139. The minimum absolute atomic E-state index is 0.000299. The zero-order chi connectivity index (χ0) is 29.5. The molecule has 0 fully saturated rings. The van der Waals surface area contributed by atoms with Gasteiger partial charge >= 0.3 is 5.97 Å². The first-order valence-electron chi connectivity index (χ1n) is 13.9. The average molecular weight is 590 g/mol. The van der Waals surface area contributed by atoms with Crippen LogP contribution in [-0.2, 0) is 52.2 Å². The molecule has 0 atom stereocenters. The zero-order valence-electron chi connectivity index (χ0n) is 24.0. The molecule has 13 heteroatoms. The molecule has 0 amide bonds. The number of hydrogen-bond acceptors (Lipinski definition) is 13. The van der Waals surface area contributed by atoms with E-state index in [4.69, 9.17) is 53.1 Å². The molecule has 0 aromatic heterocycles. The number of benzene rings is 1. The number of esters is 1. The normalized spacial score (nSPS) is 11.1. The summed E-state index contributed by atoms with van der Waals surface area (Å²) in [4.78, 5) is 23.6. The third-order valence-electron chi connectivity index (χ3n) is 4.92. The van der Waals surface area contributed by atoms with Crippen LogP contribution in [0.25, 0.3) is 0 Å². The number of hydrogen-bond donors (Lipinski definition) is 1. The summed E-state index contributed by atoms with van der Waals surface area (Å²) >= 11 is 0. The Balaban J connectivity index is 1.69. The van der Waals surface area contributed by atoms with Gasteiger partial charge in [0.05, 0.1) is 119 Å². The Labute approximate surface area is 242 Å². The van der Waals surface area contributed by atoms with Crippen molar-refractivity contribution >= 4 is 11.8 Å². The highest BCUT2D eigenvalue weighted by Gasteiger charge is 2.17. The molecule has 0 saturated carbocycles. The Morgan fingerprint density at radius 2 is 0.732 bits per heavy atom. The Bertz CT molecular complexity index is 725. The molecule has 0 bridgehead atoms. The summed E-state index contributed by atoms with van der Waals surface area (Å²) in [7, 11) is 0. The summed E-state index contributed by atoms with van der Waals surface area (Å²) in [6.45, 7) is 8.85. The van der Waals surface area contributed by atoms with Crippen molar-refractivity contribution in [3.8, 4) is 0 Å². The molecule has 0 saturated heterocycles. The van der Waals surface area contributed by atoms with Crippen LogP contribution in [0, 0.1) is 0 Å². The molecule has 1 aromatic carbocycles. The van der Waals surface area contributed by atoms with Crippen LogP contribution in [0.15, 0.2) is 30.3 Å². The summed E-state index contributed by atoms with van der Waals surface area (Å²) in [6, 6.07) is 8.26. The number of carbonyl (C=O) groups excluding carboxylic acids is 2. The van der Waals surface area contributed by atoms with Gasteiger partial charge in [0, 0.05) is 12.1 Å². The maximum absolute atomic E-state index is 11.9. The Morgan fingerprint density at radius 3 is 1.05 bits per heavy atom. The van der Waals surface area contributed by atoms with Gasteiger partial charge in [0.15, 0.2) is 0 Å². The average Bonchev–Trinajstić information content (AvgIpc) is 3.00. The number of ketones is 1. The molecule has 0 aliphatic heterocycles. The number of rotatable bonds is 31. The van der Waals surface area contributed by atoms with Crippen LogP contribution in [-0.4, -0.2) is 144 Å². The van der Waals surface area contributed by atoms with Crippen LogP contribution < -0.4 is 5.73 Å². The van der Waals surface area contributed by atoms with E-state index in [1.54, 1.807) is 30.3 Å². The van der Waals surface area contributed by atoms with Gasteiger partial charge in [-0.25, -0.2) is 4.79 Å². The Kier molecular flexibility index (Phi) is 26.6. The molecule has 0 aliphatic rings. The summed E-state index contributed by atoms with van der Waals surface area (Å²) < 4.78 is 53.3. The van der Waals surface area contributed by atoms with E-state index >= 15 is 0 Å². The van der Waals surface area contributed by atoms with Gasteiger partial charge in [-0.3, -0.25) is 4.79 Å². The van der Waals surface area contributed by atoms with E-state index in [0.717, 1.165) is 0 Å². The lowest BCUT2D eigenvalue weighted by Crippen LogP contribution is -2.20. The first-order valence-corrected chi connectivity index (χ1v) is 13.9. The largest absolute Gasteiger partial charge is 0.457 e. The first-order chi connectivity index (χ1) is 20.3. The third kappa shape index (κ3) is 24.3. The van der Waals surface area contributed by atoms with Gasteiger partial charge in [0.2, 0.25) is 0 Å². The van der Waals surface area contributed by atoms with Crippen LogP contribution in [0.4, 0.5) is 0 Å². The van der Waals surface area contributed by atoms with Crippen molar-refractivity contribution in [1.29, 1.82) is 0 Å². The van der Waals surface area contributed by atoms with Gasteiger partial charge in [-0.2, -0.15) is 0 Å². The predicted octanol–water partition coefficient (Wildman–Crippen LogP) is 0.521. The maximum atomic E-state index is 11.9. The van der Waals surface area contributed by atoms with E-state index in [0.29, 0.717) is 124 Å². The second-order valence-electron chi connectivity index (χ2n) is 8.13. The summed E-state index contributed by atoms with van der Waals surface area (Å²) in [5, 5.41) is 0. The lowest BCUT2D eigenvalue weighted by atomic mass is 10.1. The molecular formula is C28H47NO12. The van der Waals surface area contributed by atoms with E-state index < -0.39 is 11.8 Å². The van der Waals surface area contributed by atoms with Crippen LogP contribution in [0.1, 0.15) is 10.4 Å². The monoisotopic (exact) mass is 589 g/mol. The number of carbonyl (C=O) groups is 2. The summed E-state index contributed by atoms with van der Waals surface area (Å²) in [6.07, 6.45) is 0. The van der Waals surface area contributed by atoms with Crippen molar-refractivity contribution in [1.82, 2.24) is 0 Å². The minimum Gasteiger partial charge on any atom is -0.457 e. The van der Waals surface area contributed by atoms with Crippen LogP contribution >= 0.6 is 0 Å². The molecule has 2 N–H and O–H groups in total. The molecule has 0 aliphatic carbocycles. The summed E-state index contributed by atoms with van der Waals surface area (Å²) in [5.74, 6) is -1.57. The molecule has 13 nitrogen and oxygen atoms in total. The fraction of sp³-hybridized carbons (Fsp3) is 0.714. The van der Waals surface area contributed by atoms with E-state index in [-0.39, 0.29) is 13.2 Å². The highest BCUT2D eigenvalue weighted by molar-refractivity contribution is 6.40. The van der Waals surface area contributed by atoms with Gasteiger partial charge in [-0.15, -0.1) is 0 Å². The minimum atomic E-state index is -0.896. The molecule has 0 heterocycles. The quantitative estimate of drug-likeness (QED) is 0.0555. The fourth-order valence-corrected chi connectivity index (χ4v) is 2.91. The Hall–Kier alpha value is -2.04. The van der Waals surface area contributed by atoms with Gasteiger partial charge < -0.3 is 53.1 Å². The van der Waals surface area contributed by atoms with Gasteiger partial charge in [0.25, 0.3) is 5.78 Å². The van der Waals surface area contributed by atoms with Crippen molar-refractivity contribution in [3.63, 3.8) is 0 Å². The smallest absolute Gasteiger partial charge is 0.379 e. The molecule has 236 valence electrons. The SMILES string of the molecule is NCCOCCOCCOCCOCCOCCOCCOCCOCCOCCOC(=O)C(=O)c1ccccc1. The topological polar surface area (TPSA) is 152 Å². The van der Waals surface area contributed by atoms with Crippen molar-refractivity contribution in [2.45, 2.75) is 0 Å². The second kappa shape index (κ2) is 29.5. The van der Waals surface area contributed by atoms with Crippen molar-refractivity contribution in [2.75, 3.05) is 132 Å². The zero-order valence-corrected chi connectivity index (χ0v) is 24.0. The highest BCUT2D eigenvalue weighted by atomic mass is 16.6. The van der Waals surface area contributed by atoms with Crippen molar-refractivity contribution in [3.05, 3.63) is 35.9 Å². The number of nitrogens with two attached hydrogens (primary N) is 1. The van der Waals surface area contributed by atoms with E-state index in [1.807, 2.05) is 0 Å². The van der Waals surface area contributed by atoms with Gasteiger partial charge in [-0.05, 0) is 0 Å². The van der Waals surface area contributed by atoms with E-state index in [1.165, 1.54) is 0 Å². The molecule has 0 spiro atoms. The molecule has 1 aromatic rings. The third-order valence-corrected chi connectivity index (χ3v) is 4.92. The maximum Gasteiger partial charge on any atom is 0.379 e. The van der Waals surface area contributed by atoms with Crippen LogP contribution in [0.5, 0.6) is 0 Å². The molecule has 0 radical (unpaired) electrons. The number of Topliss-reactive ketones (excluding diaryl/α,β-unsaturated/α-hetero) is 1. The molecular weight excluding hydrogens is 542 g/mol. The van der Waals surface area contributed by atoms with Crippen LogP contribution in [0.2, 0.25) is 0 Å². The summed E-state index contributed by atoms with van der Waals surface area (Å²) in [5.41, 5.74) is 5.62. The first kappa shape index (κ1) is 37.0. The van der Waals surface area contributed by atoms with E-state index in [2.05, 4.69) is 0 Å². The number of ether oxygens (including phenoxy) is 10. The molecule has 1 rings (SSSR count). The van der Waals surface area contributed by atoms with Gasteiger partial charge in [-0.1, -0.05) is 30.3 Å². The lowest BCUT2D eigenvalue weighted by Gasteiger charge is -2.09. The Morgan fingerprint density at radius 1 is 0.439 bits per heavy atom. The van der Waals surface area contributed by atoms with Crippen molar-refractivity contribution < 1.29 is 57.0 Å². The highest BCUT2D eigenvalue weighted by Crippen LogP contribution is 2.01. The van der Waals surface area contributed by atoms with Gasteiger partial charge in [0.1, 0.15) is 6.61 Å². The standard InChI is InChI=1S/C28H47NO12/c29-6-7-32-8-9-33-10-11-34-12-13-35-14-15-36-16-17-37-18-19-38-20-21-39-22-23-40-24-25-41-28(31)27(30)26-4-2-1-3-5-26/h1-5H,6-25,29H2. The molecule has 41 heavy (non-hydrogen) atoms. The second-order valence-corrected chi connectivity index (χ2v) is 8.13. The predicted molar refractivity (Wildman–Crippen MR) is 148 cm³/mol. The van der Waals surface area contributed by atoms with Crippen molar-refractivity contribution in [2.24, 2.45) is 5.73 Å². The fourth-order valence-electron chi connectivity index (χ4n) is 2.91. The molecule has 0 unspecified atom stereocenters. The van der Waals surface area contributed by atoms with Crippen LogP contribution in [0.3, 0.4) is 0 Å². The van der Waals surface area contributed by atoms with E-state index in [9.17, 15) is 9.59 Å².